The number of fused-ring (bicyclic) bond motifs is 2. The number of hydrogen-bond donors (Lipinski definition) is 0. The first-order valence-electron chi connectivity index (χ1n) is 9.01. The molecule has 2 saturated carbocycles. The van der Waals surface area contributed by atoms with Gasteiger partial charge in [0.05, 0.1) is 0 Å². The molecule has 2 heterocycles. The van der Waals surface area contributed by atoms with Crippen LogP contribution in [-0.2, 0) is 0 Å². The molecule has 4 aliphatic rings. The lowest BCUT2D eigenvalue weighted by Gasteiger charge is -2.64. The lowest BCUT2D eigenvalue weighted by Crippen LogP contribution is -2.67. The summed E-state index contributed by atoms with van der Waals surface area (Å²) in [6, 6.07) is 0.909. The first-order valence-corrected chi connectivity index (χ1v) is 9.01. The van der Waals surface area contributed by atoms with Gasteiger partial charge in [-0.1, -0.05) is 13.3 Å². The molecule has 2 bridgehead atoms. The fourth-order valence-corrected chi connectivity index (χ4v) is 6.64. The van der Waals surface area contributed by atoms with Crippen molar-refractivity contribution in [1.82, 2.24) is 9.80 Å². The number of nitrogens with zero attached hydrogens (tertiary/aromatic N) is 2. The Balaban J connectivity index is 1.68. The molecule has 2 nitrogen and oxygen atoms in total. The molecule has 4 unspecified atom stereocenters. The smallest absolute Gasteiger partial charge is 0.0249 e. The molecule has 0 amide bonds. The van der Waals surface area contributed by atoms with E-state index in [1.54, 1.807) is 0 Å². The molecular formula is C18H32N2. The second-order valence-electron chi connectivity index (χ2n) is 8.63. The van der Waals surface area contributed by atoms with Crippen molar-refractivity contribution >= 4 is 0 Å². The van der Waals surface area contributed by atoms with E-state index in [0.717, 1.165) is 29.7 Å². The Morgan fingerprint density at radius 1 is 1.05 bits per heavy atom. The van der Waals surface area contributed by atoms with Crippen LogP contribution in [0.3, 0.4) is 0 Å². The Morgan fingerprint density at radius 2 is 1.90 bits per heavy atom. The fourth-order valence-electron chi connectivity index (χ4n) is 6.64. The van der Waals surface area contributed by atoms with Crippen molar-refractivity contribution in [1.29, 1.82) is 0 Å². The Kier molecular flexibility index (Phi) is 3.20. The van der Waals surface area contributed by atoms with Gasteiger partial charge in [0.25, 0.3) is 0 Å². The standard InChI is InChI=1S/C18H32N2/c1-13-8-14-11-18(6-4-5-7-20(18)3)15-10-16(14)17(9-13)19(2)12-15/h13-17H,4-12H2,1-3H3/t13-,14-,15?,16?,17?,18?/m0/s1. The van der Waals surface area contributed by atoms with E-state index in [2.05, 4.69) is 30.8 Å². The van der Waals surface area contributed by atoms with Crippen molar-refractivity contribution in [3.63, 3.8) is 0 Å². The molecule has 2 heteroatoms. The third-order valence-corrected chi connectivity index (χ3v) is 7.57. The minimum Gasteiger partial charge on any atom is -0.303 e. The van der Waals surface area contributed by atoms with Crippen LogP contribution in [0.15, 0.2) is 0 Å². The highest BCUT2D eigenvalue weighted by Crippen LogP contribution is 2.56. The fraction of sp³-hybridized carbons (Fsp3) is 1.00. The summed E-state index contributed by atoms with van der Waals surface area (Å²) >= 11 is 0. The minimum atomic E-state index is 0.565. The van der Waals surface area contributed by atoms with Gasteiger partial charge < -0.3 is 9.80 Å². The summed E-state index contributed by atoms with van der Waals surface area (Å²) in [5, 5.41) is 0. The topological polar surface area (TPSA) is 6.48 Å². The SMILES string of the molecule is C[C@@H]1CC2C3CC(CN2C)C2(CCCCN2C)C[C@@H]3C1. The summed E-state index contributed by atoms with van der Waals surface area (Å²) in [7, 11) is 4.85. The summed E-state index contributed by atoms with van der Waals surface area (Å²) in [6.45, 7) is 5.21. The largest absolute Gasteiger partial charge is 0.303 e. The number of piperidine rings is 2. The van der Waals surface area contributed by atoms with E-state index in [-0.39, 0.29) is 0 Å². The van der Waals surface area contributed by atoms with Crippen molar-refractivity contribution in [3.05, 3.63) is 0 Å². The molecule has 0 N–H and O–H groups in total. The Hall–Kier alpha value is -0.0800. The predicted molar refractivity (Wildman–Crippen MR) is 83.7 cm³/mol. The molecule has 2 aliphatic carbocycles. The van der Waals surface area contributed by atoms with Crippen LogP contribution < -0.4 is 0 Å². The summed E-state index contributed by atoms with van der Waals surface area (Å²) in [5.41, 5.74) is 0.565. The zero-order valence-corrected chi connectivity index (χ0v) is 13.6. The third-order valence-electron chi connectivity index (χ3n) is 7.57. The van der Waals surface area contributed by atoms with Gasteiger partial charge in [-0.3, -0.25) is 0 Å². The van der Waals surface area contributed by atoms with Crippen LogP contribution in [0.25, 0.3) is 0 Å². The van der Waals surface area contributed by atoms with Crippen LogP contribution in [0.4, 0.5) is 0 Å². The molecule has 2 aliphatic heterocycles. The van der Waals surface area contributed by atoms with E-state index >= 15 is 0 Å². The summed E-state index contributed by atoms with van der Waals surface area (Å²) in [5.74, 6) is 3.94. The van der Waals surface area contributed by atoms with E-state index in [4.69, 9.17) is 0 Å². The maximum Gasteiger partial charge on any atom is 0.0249 e. The molecule has 0 aromatic carbocycles. The van der Waals surface area contributed by atoms with Gasteiger partial charge in [-0.15, -0.1) is 0 Å². The predicted octanol–water partition coefficient (Wildman–Crippen LogP) is 3.23. The van der Waals surface area contributed by atoms with Crippen molar-refractivity contribution in [2.75, 3.05) is 27.2 Å². The van der Waals surface area contributed by atoms with Crippen molar-refractivity contribution < 1.29 is 0 Å². The highest BCUT2D eigenvalue weighted by atomic mass is 15.2. The maximum absolute atomic E-state index is 2.78. The molecule has 114 valence electrons. The lowest BCUT2D eigenvalue weighted by molar-refractivity contribution is -0.128. The van der Waals surface area contributed by atoms with E-state index in [9.17, 15) is 0 Å². The quantitative estimate of drug-likeness (QED) is 0.670. The van der Waals surface area contributed by atoms with Gasteiger partial charge in [0.2, 0.25) is 0 Å². The highest BCUT2D eigenvalue weighted by Gasteiger charge is 2.56. The van der Waals surface area contributed by atoms with Crippen LogP contribution in [0, 0.1) is 23.7 Å². The van der Waals surface area contributed by atoms with Gasteiger partial charge in [0, 0.05) is 18.1 Å². The zero-order chi connectivity index (χ0) is 13.9. The van der Waals surface area contributed by atoms with E-state index < -0.39 is 0 Å². The molecular weight excluding hydrogens is 244 g/mol. The average Bonchev–Trinajstić information content (AvgIpc) is 2.42. The normalized spacial score (nSPS) is 53.2. The van der Waals surface area contributed by atoms with Crippen LogP contribution in [0.2, 0.25) is 0 Å². The Morgan fingerprint density at radius 3 is 2.70 bits per heavy atom. The molecule has 20 heavy (non-hydrogen) atoms. The van der Waals surface area contributed by atoms with Gasteiger partial charge in [0.15, 0.2) is 0 Å². The van der Waals surface area contributed by atoms with Gasteiger partial charge in [0.1, 0.15) is 0 Å². The maximum atomic E-state index is 2.78. The van der Waals surface area contributed by atoms with Crippen LogP contribution in [0.5, 0.6) is 0 Å². The van der Waals surface area contributed by atoms with Gasteiger partial charge in [-0.2, -0.15) is 0 Å². The van der Waals surface area contributed by atoms with E-state index in [0.29, 0.717) is 5.54 Å². The second kappa shape index (κ2) is 4.71. The Bertz CT molecular complexity index is 382. The molecule has 0 radical (unpaired) electrons. The second-order valence-corrected chi connectivity index (χ2v) is 8.63. The number of hydrogen-bond acceptors (Lipinski definition) is 2. The van der Waals surface area contributed by atoms with Crippen LogP contribution in [-0.4, -0.2) is 48.6 Å². The van der Waals surface area contributed by atoms with Crippen LogP contribution in [0.1, 0.15) is 51.9 Å². The van der Waals surface area contributed by atoms with Gasteiger partial charge in [-0.05, 0) is 82.8 Å². The molecule has 1 spiro atoms. The molecule has 2 saturated heterocycles. The van der Waals surface area contributed by atoms with Crippen molar-refractivity contribution in [2.24, 2.45) is 23.7 Å². The van der Waals surface area contributed by atoms with Crippen molar-refractivity contribution in [2.45, 2.75) is 63.5 Å². The molecule has 4 fully saturated rings. The van der Waals surface area contributed by atoms with Crippen LogP contribution >= 0.6 is 0 Å². The van der Waals surface area contributed by atoms with Gasteiger partial charge in [-0.25, -0.2) is 0 Å². The summed E-state index contributed by atoms with van der Waals surface area (Å²) < 4.78 is 0. The third kappa shape index (κ3) is 1.83. The molecule has 6 atom stereocenters. The molecule has 4 rings (SSSR count). The Labute approximate surface area is 124 Å². The zero-order valence-electron chi connectivity index (χ0n) is 13.6. The molecule has 0 aromatic rings. The van der Waals surface area contributed by atoms with E-state index in [1.165, 1.54) is 58.0 Å². The molecule has 0 aromatic heterocycles. The first kappa shape index (κ1) is 13.6. The van der Waals surface area contributed by atoms with E-state index in [1.807, 2.05) is 0 Å². The summed E-state index contributed by atoms with van der Waals surface area (Å²) in [4.78, 5) is 5.54. The lowest BCUT2D eigenvalue weighted by atomic mass is 9.53. The minimum absolute atomic E-state index is 0.565. The first-order chi connectivity index (χ1) is 9.60. The monoisotopic (exact) mass is 276 g/mol. The summed E-state index contributed by atoms with van der Waals surface area (Å²) in [6.07, 6.45) is 10.4. The van der Waals surface area contributed by atoms with Gasteiger partial charge >= 0.3 is 0 Å². The number of likely N-dealkylation sites (tertiary alicyclic amines) is 2. The van der Waals surface area contributed by atoms with Crippen molar-refractivity contribution in [3.8, 4) is 0 Å². The highest BCUT2D eigenvalue weighted by molar-refractivity contribution is 5.10. The average molecular weight is 276 g/mol. The number of rotatable bonds is 0.